The summed E-state index contributed by atoms with van der Waals surface area (Å²) < 4.78 is 11.9. The molecule has 6 heteroatoms. The van der Waals surface area contributed by atoms with E-state index in [9.17, 15) is 9.59 Å². The van der Waals surface area contributed by atoms with E-state index in [1.165, 1.54) is 0 Å². The molecule has 0 N–H and O–H groups in total. The van der Waals surface area contributed by atoms with Crippen LogP contribution in [0.2, 0.25) is 0 Å². The SMILES string of the molecule is CCCCOc1cccc(C2c3c(oc4ccccc4c3=O)C(=O)N2c2cc(C)ccn2)c1. The molecule has 0 spiro atoms. The van der Waals surface area contributed by atoms with Crippen molar-refractivity contribution in [3.05, 3.63) is 99.5 Å². The molecular weight excluding hydrogens is 416 g/mol. The second kappa shape index (κ2) is 8.54. The molecule has 1 aliphatic rings. The standard InChI is InChI=1S/C27H24N2O4/c1-3-4-14-32-19-9-7-8-18(16-19)24-23-25(30)20-10-5-6-11-21(20)33-26(23)27(31)29(24)22-15-17(2)12-13-28-22/h5-13,15-16,24H,3-4,14H2,1-2H3. The molecule has 166 valence electrons. The molecule has 5 rings (SSSR count). The van der Waals surface area contributed by atoms with Crippen LogP contribution in [0.5, 0.6) is 5.75 Å². The number of carbonyl (C=O) groups excluding carboxylic acids is 1. The number of fused-ring (bicyclic) bond motifs is 2. The van der Waals surface area contributed by atoms with Gasteiger partial charge in [-0.15, -0.1) is 0 Å². The van der Waals surface area contributed by atoms with Gasteiger partial charge in [-0.1, -0.05) is 37.6 Å². The Balaban J connectivity index is 1.71. The number of para-hydroxylation sites is 1. The highest BCUT2D eigenvalue weighted by Gasteiger charge is 2.44. The Labute approximate surface area is 191 Å². The van der Waals surface area contributed by atoms with Gasteiger partial charge >= 0.3 is 0 Å². The number of nitrogens with zero attached hydrogens (tertiary/aromatic N) is 2. The van der Waals surface area contributed by atoms with Crippen LogP contribution >= 0.6 is 0 Å². The number of amides is 1. The van der Waals surface area contributed by atoms with E-state index in [1.807, 2.05) is 43.3 Å². The van der Waals surface area contributed by atoms with Crippen LogP contribution in [0.3, 0.4) is 0 Å². The predicted octanol–water partition coefficient (Wildman–Crippen LogP) is 5.43. The maximum atomic E-state index is 13.6. The summed E-state index contributed by atoms with van der Waals surface area (Å²) in [5.74, 6) is 0.846. The molecule has 1 amide bonds. The van der Waals surface area contributed by atoms with Gasteiger partial charge < -0.3 is 9.15 Å². The average Bonchev–Trinajstić information content (AvgIpc) is 3.12. The number of anilines is 1. The fourth-order valence-electron chi connectivity index (χ4n) is 4.23. The number of carbonyl (C=O) groups is 1. The molecule has 33 heavy (non-hydrogen) atoms. The van der Waals surface area contributed by atoms with Gasteiger partial charge in [0.1, 0.15) is 17.2 Å². The molecule has 0 fully saturated rings. The molecule has 0 radical (unpaired) electrons. The van der Waals surface area contributed by atoms with Gasteiger partial charge in [0, 0.05) is 6.20 Å². The van der Waals surface area contributed by atoms with Crippen molar-refractivity contribution in [1.29, 1.82) is 0 Å². The lowest BCUT2D eigenvalue weighted by Crippen LogP contribution is -2.30. The Bertz CT molecular complexity index is 1410. The number of unbranched alkanes of at least 4 members (excludes halogenated alkanes) is 1. The summed E-state index contributed by atoms with van der Waals surface area (Å²) in [6, 6.07) is 17.6. The van der Waals surface area contributed by atoms with E-state index in [2.05, 4.69) is 11.9 Å². The van der Waals surface area contributed by atoms with Crippen molar-refractivity contribution in [2.75, 3.05) is 11.5 Å². The van der Waals surface area contributed by atoms with E-state index < -0.39 is 6.04 Å². The summed E-state index contributed by atoms with van der Waals surface area (Å²) in [5, 5.41) is 0.448. The Kier molecular flexibility index (Phi) is 5.42. The van der Waals surface area contributed by atoms with Crippen LogP contribution in [0.4, 0.5) is 5.82 Å². The van der Waals surface area contributed by atoms with Crippen LogP contribution in [0.15, 0.2) is 76.1 Å². The Morgan fingerprint density at radius 3 is 2.73 bits per heavy atom. The van der Waals surface area contributed by atoms with Gasteiger partial charge in [0.15, 0.2) is 5.43 Å². The molecule has 0 aliphatic carbocycles. The molecule has 3 heterocycles. The minimum absolute atomic E-state index is 0.0595. The van der Waals surface area contributed by atoms with Gasteiger partial charge in [-0.3, -0.25) is 14.5 Å². The summed E-state index contributed by atoms with van der Waals surface area (Å²) in [5.41, 5.74) is 2.24. The topological polar surface area (TPSA) is 72.6 Å². The van der Waals surface area contributed by atoms with E-state index in [0.717, 1.165) is 24.0 Å². The van der Waals surface area contributed by atoms with E-state index in [0.29, 0.717) is 34.7 Å². The number of hydrogen-bond donors (Lipinski definition) is 0. The zero-order chi connectivity index (χ0) is 22.9. The van der Waals surface area contributed by atoms with Crippen molar-refractivity contribution < 1.29 is 13.9 Å². The number of aryl methyl sites for hydroxylation is 1. The predicted molar refractivity (Wildman–Crippen MR) is 127 cm³/mol. The third-order valence-corrected chi connectivity index (χ3v) is 5.87. The van der Waals surface area contributed by atoms with Crippen molar-refractivity contribution in [3.63, 3.8) is 0 Å². The van der Waals surface area contributed by atoms with Crippen LogP contribution in [0, 0.1) is 6.92 Å². The molecule has 2 aromatic heterocycles. The molecule has 0 saturated carbocycles. The van der Waals surface area contributed by atoms with Crippen molar-refractivity contribution in [2.24, 2.45) is 0 Å². The molecule has 1 unspecified atom stereocenters. The van der Waals surface area contributed by atoms with Gasteiger partial charge in [-0.05, 0) is 60.9 Å². The maximum absolute atomic E-state index is 13.6. The molecule has 2 aromatic carbocycles. The zero-order valence-electron chi connectivity index (χ0n) is 18.6. The van der Waals surface area contributed by atoms with Crippen molar-refractivity contribution in [3.8, 4) is 5.75 Å². The van der Waals surface area contributed by atoms with E-state index >= 15 is 0 Å². The quantitative estimate of drug-likeness (QED) is 0.374. The van der Waals surface area contributed by atoms with Crippen LogP contribution in [-0.4, -0.2) is 17.5 Å². The van der Waals surface area contributed by atoms with Crippen molar-refractivity contribution in [1.82, 2.24) is 4.98 Å². The molecule has 0 saturated heterocycles. The lowest BCUT2D eigenvalue weighted by atomic mass is 9.98. The number of aromatic nitrogens is 1. The Morgan fingerprint density at radius 1 is 1.06 bits per heavy atom. The molecule has 0 bridgehead atoms. The second-order valence-electron chi connectivity index (χ2n) is 8.21. The van der Waals surface area contributed by atoms with Crippen molar-refractivity contribution in [2.45, 2.75) is 32.7 Å². The summed E-state index contributed by atoms with van der Waals surface area (Å²) in [4.78, 5) is 33.2. The fraction of sp³-hybridized carbons (Fsp3) is 0.222. The van der Waals surface area contributed by atoms with E-state index in [-0.39, 0.29) is 17.1 Å². The molecular formula is C27H24N2O4. The van der Waals surface area contributed by atoms with Gasteiger partial charge in [-0.25, -0.2) is 4.98 Å². The summed E-state index contributed by atoms with van der Waals surface area (Å²) in [6.45, 7) is 4.65. The fourth-order valence-corrected chi connectivity index (χ4v) is 4.23. The first kappa shape index (κ1) is 20.9. The average molecular weight is 440 g/mol. The Hall–Kier alpha value is -3.93. The Morgan fingerprint density at radius 2 is 1.91 bits per heavy atom. The smallest absolute Gasteiger partial charge is 0.296 e. The lowest BCUT2D eigenvalue weighted by molar-refractivity contribution is 0.0970. The van der Waals surface area contributed by atoms with Crippen molar-refractivity contribution >= 4 is 22.7 Å². The number of rotatable bonds is 6. The van der Waals surface area contributed by atoms with Crippen LogP contribution < -0.4 is 15.1 Å². The first-order valence-corrected chi connectivity index (χ1v) is 11.1. The minimum Gasteiger partial charge on any atom is -0.494 e. The first-order chi connectivity index (χ1) is 16.1. The van der Waals surface area contributed by atoms with Crippen LogP contribution in [0.25, 0.3) is 11.0 Å². The molecule has 4 aromatic rings. The monoisotopic (exact) mass is 440 g/mol. The highest BCUT2D eigenvalue weighted by atomic mass is 16.5. The highest BCUT2D eigenvalue weighted by Crippen LogP contribution is 2.41. The van der Waals surface area contributed by atoms with Gasteiger partial charge in [0.25, 0.3) is 5.91 Å². The normalized spacial score (nSPS) is 15.2. The molecule has 1 atom stereocenters. The van der Waals surface area contributed by atoms with Gasteiger partial charge in [-0.2, -0.15) is 0 Å². The second-order valence-corrected chi connectivity index (χ2v) is 8.21. The zero-order valence-corrected chi connectivity index (χ0v) is 18.6. The minimum atomic E-state index is -0.669. The maximum Gasteiger partial charge on any atom is 0.296 e. The number of pyridine rings is 1. The summed E-state index contributed by atoms with van der Waals surface area (Å²) in [6.07, 6.45) is 3.64. The number of benzene rings is 2. The summed E-state index contributed by atoms with van der Waals surface area (Å²) >= 11 is 0. The van der Waals surface area contributed by atoms with Crippen LogP contribution in [-0.2, 0) is 0 Å². The van der Waals surface area contributed by atoms with Gasteiger partial charge in [0.05, 0.1) is 23.6 Å². The lowest BCUT2D eigenvalue weighted by Gasteiger charge is -2.24. The van der Waals surface area contributed by atoms with Crippen LogP contribution in [0.1, 0.15) is 53.1 Å². The van der Waals surface area contributed by atoms with Gasteiger partial charge in [0.2, 0.25) is 5.76 Å². The van der Waals surface area contributed by atoms with E-state index in [1.54, 1.807) is 35.4 Å². The highest BCUT2D eigenvalue weighted by molar-refractivity contribution is 6.10. The number of hydrogen-bond acceptors (Lipinski definition) is 5. The van der Waals surface area contributed by atoms with E-state index in [4.69, 9.17) is 9.15 Å². The third-order valence-electron chi connectivity index (χ3n) is 5.87. The largest absolute Gasteiger partial charge is 0.494 e. The third kappa shape index (κ3) is 3.67. The molecule has 6 nitrogen and oxygen atoms in total. The summed E-state index contributed by atoms with van der Waals surface area (Å²) in [7, 11) is 0. The molecule has 1 aliphatic heterocycles. The first-order valence-electron chi connectivity index (χ1n) is 11.1. The number of ether oxygens (including phenoxy) is 1.